The molecule has 0 aliphatic carbocycles. The number of rotatable bonds is 6. The highest BCUT2D eigenvalue weighted by molar-refractivity contribution is 5.89. The van der Waals surface area contributed by atoms with E-state index in [2.05, 4.69) is 10.6 Å². The summed E-state index contributed by atoms with van der Waals surface area (Å²) in [5, 5.41) is 15.2. The maximum Gasteiger partial charge on any atom is 0.319 e. The first-order chi connectivity index (χ1) is 12.9. The molecule has 1 aromatic rings. The van der Waals surface area contributed by atoms with E-state index in [0.717, 1.165) is 5.56 Å². The van der Waals surface area contributed by atoms with Gasteiger partial charge in [-0.1, -0.05) is 12.1 Å². The van der Waals surface area contributed by atoms with E-state index in [1.54, 1.807) is 38.4 Å². The maximum absolute atomic E-state index is 12.2. The SMILES string of the molecule is CCNC(=O)Nc1ccc(C2OCC(=O)N(CC(=O)N(C)C)C2CO)cc1. The molecule has 1 aromatic carbocycles. The maximum atomic E-state index is 12.2. The summed E-state index contributed by atoms with van der Waals surface area (Å²) in [5.41, 5.74) is 1.35. The van der Waals surface area contributed by atoms with Gasteiger partial charge in [-0.15, -0.1) is 0 Å². The van der Waals surface area contributed by atoms with Crippen LogP contribution >= 0.6 is 0 Å². The zero-order valence-electron chi connectivity index (χ0n) is 15.8. The number of hydrogen-bond donors (Lipinski definition) is 3. The first-order valence-corrected chi connectivity index (χ1v) is 8.74. The van der Waals surface area contributed by atoms with Crippen LogP contribution in [0, 0.1) is 0 Å². The zero-order chi connectivity index (χ0) is 20.0. The van der Waals surface area contributed by atoms with E-state index in [1.807, 2.05) is 6.92 Å². The Morgan fingerprint density at radius 2 is 1.96 bits per heavy atom. The highest BCUT2D eigenvalue weighted by Crippen LogP contribution is 2.29. The van der Waals surface area contributed by atoms with Crippen LogP contribution in [-0.2, 0) is 14.3 Å². The first kappa shape index (κ1) is 20.7. The number of aliphatic hydroxyl groups excluding tert-OH is 1. The minimum absolute atomic E-state index is 0.117. The molecule has 2 unspecified atom stereocenters. The first-order valence-electron chi connectivity index (χ1n) is 8.74. The number of morpholine rings is 1. The van der Waals surface area contributed by atoms with E-state index in [9.17, 15) is 19.5 Å². The van der Waals surface area contributed by atoms with Crippen molar-refractivity contribution >= 4 is 23.5 Å². The van der Waals surface area contributed by atoms with Crippen LogP contribution in [0.3, 0.4) is 0 Å². The third-order valence-electron chi connectivity index (χ3n) is 4.28. The lowest BCUT2D eigenvalue weighted by molar-refractivity contribution is -0.164. The predicted molar refractivity (Wildman–Crippen MR) is 99.1 cm³/mol. The Balaban J connectivity index is 2.15. The highest BCUT2D eigenvalue weighted by Gasteiger charge is 2.38. The second-order valence-corrected chi connectivity index (χ2v) is 6.40. The molecule has 1 saturated heterocycles. The summed E-state index contributed by atoms with van der Waals surface area (Å²) in [6, 6.07) is 5.99. The lowest BCUT2D eigenvalue weighted by Gasteiger charge is -2.40. The van der Waals surface area contributed by atoms with Crippen LogP contribution in [0.1, 0.15) is 18.6 Å². The van der Waals surface area contributed by atoms with Crippen molar-refractivity contribution in [2.45, 2.75) is 19.1 Å². The van der Waals surface area contributed by atoms with Crippen molar-refractivity contribution in [3.8, 4) is 0 Å². The van der Waals surface area contributed by atoms with Crippen molar-refractivity contribution in [3.05, 3.63) is 29.8 Å². The second-order valence-electron chi connectivity index (χ2n) is 6.40. The highest BCUT2D eigenvalue weighted by atomic mass is 16.5. The monoisotopic (exact) mass is 378 g/mol. The van der Waals surface area contributed by atoms with Crippen LogP contribution in [0.2, 0.25) is 0 Å². The van der Waals surface area contributed by atoms with Gasteiger partial charge in [0.1, 0.15) is 19.3 Å². The molecule has 9 heteroatoms. The van der Waals surface area contributed by atoms with E-state index in [-0.39, 0.29) is 37.6 Å². The minimum Gasteiger partial charge on any atom is -0.394 e. The number of hydrogen-bond acceptors (Lipinski definition) is 5. The van der Waals surface area contributed by atoms with Crippen LogP contribution in [0.25, 0.3) is 0 Å². The lowest BCUT2D eigenvalue weighted by atomic mass is 9.99. The number of carbonyl (C=O) groups is 3. The van der Waals surface area contributed by atoms with Gasteiger partial charge in [-0.25, -0.2) is 4.79 Å². The molecular formula is C18H26N4O5. The van der Waals surface area contributed by atoms with Gasteiger partial charge in [0.25, 0.3) is 0 Å². The van der Waals surface area contributed by atoms with E-state index in [4.69, 9.17) is 4.74 Å². The molecule has 4 amide bonds. The molecule has 1 aliphatic heterocycles. The molecule has 0 radical (unpaired) electrons. The number of anilines is 1. The molecule has 148 valence electrons. The topological polar surface area (TPSA) is 111 Å². The summed E-state index contributed by atoms with van der Waals surface area (Å²) in [5.74, 6) is -0.570. The molecule has 27 heavy (non-hydrogen) atoms. The van der Waals surface area contributed by atoms with Gasteiger partial charge in [0.2, 0.25) is 11.8 Å². The van der Waals surface area contributed by atoms with Gasteiger partial charge in [0, 0.05) is 26.3 Å². The number of benzene rings is 1. The van der Waals surface area contributed by atoms with E-state index < -0.39 is 12.1 Å². The van der Waals surface area contributed by atoms with Crippen LogP contribution in [0.15, 0.2) is 24.3 Å². The average molecular weight is 378 g/mol. The Morgan fingerprint density at radius 1 is 1.30 bits per heavy atom. The van der Waals surface area contributed by atoms with Crippen LogP contribution in [-0.4, -0.2) is 79.2 Å². The summed E-state index contributed by atoms with van der Waals surface area (Å²) < 4.78 is 5.64. The van der Waals surface area contributed by atoms with Crippen molar-refractivity contribution in [1.82, 2.24) is 15.1 Å². The van der Waals surface area contributed by atoms with Crippen molar-refractivity contribution in [3.63, 3.8) is 0 Å². The van der Waals surface area contributed by atoms with Crippen LogP contribution in [0.5, 0.6) is 0 Å². The van der Waals surface area contributed by atoms with E-state index in [0.29, 0.717) is 12.2 Å². The number of urea groups is 1. The summed E-state index contributed by atoms with van der Waals surface area (Å²) in [7, 11) is 3.22. The molecular weight excluding hydrogens is 352 g/mol. The third-order valence-corrected chi connectivity index (χ3v) is 4.28. The van der Waals surface area contributed by atoms with Gasteiger partial charge in [-0.05, 0) is 24.6 Å². The normalized spacial score (nSPS) is 19.6. The third kappa shape index (κ3) is 5.18. The quantitative estimate of drug-likeness (QED) is 0.654. The zero-order valence-corrected chi connectivity index (χ0v) is 15.8. The number of likely N-dealkylation sites (N-methyl/N-ethyl adjacent to an activating group) is 1. The Hall–Kier alpha value is -2.65. The number of aliphatic hydroxyl groups is 1. The molecule has 1 fully saturated rings. The summed E-state index contributed by atoms with van der Waals surface area (Å²) >= 11 is 0. The van der Waals surface area contributed by atoms with Gasteiger partial charge in [-0.3, -0.25) is 9.59 Å². The molecule has 0 aromatic heterocycles. The summed E-state index contributed by atoms with van der Waals surface area (Å²) in [4.78, 5) is 38.6. The smallest absolute Gasteiger partial charge is 0.319 e. The molecule has 0 bridgehead atoms. The molecule has 0 saturated carbocycles. The Kier molecular flexibility index (Phi) is 7.14. The van der Waals surface area contributed by atoms with Crippen molar-refractivity contribution in [2.24, 2.45) is 0 Å². The predicted octanol–water partition coefficient (Wildman–Crippen LogP) is 0.177. The fourth-order valence-corrected chi connectivity index (χ4v) is 2.80. The van der Waals surface area contributed by atoms with Gasteiger partial charge in [0.15, 0.2) is 0 Å². The number of amides is 4. The fourth-order valence-electron chi connectivity index (χ4n) is 2.80. The Labute approximate surface area is 158 Å². The largest absolute Gasteiger partial charge is 0.394 e. The number of carbonyl (C=O) groups excluding carboxylic acids is 3. The lowest BCUT2D eigenvalue weighted by Crippen LogP contribution is -2.55. The van der Waals surface area contributed by atoms with E-state index in [1.165, 1.54) is 9.80 Å². The molecule has 9 nitrogen and oxygen atoms in total. The number of nitrogens with one attached hydrogen (secondary N) is 2. The fraction of sp³-hybridized carbons (Fsp3) is 0.500. The van der Waals surface area contributed by atoms with Crippen LogP contribution in [0.4, 0.5) is 10.5 Å². The summed E-state index contributed by atoms with van der Waals surface area (Å²) in [6.07, 6.45) is -0.568. The Bertz CT molecular complexity index is 677. The number of ether oxygens (including phenoxy) is 1. The molecule has 1 aliphatic rings. The number of nitrogens with zero attached hydrogens (tertiary/aromatic N) is 2. The van der Waals surface area contributed by atoms with Gasteiger partial charge in [-0.2, -0.15) is 0 Å². The van der Waals surface area contributed by atoms with Gasteiger partial charge >= 0.3 is 6.03 Å². The van der Waals surface area contributed by atoms with E-state index >= 15 is 0 Å². The average Bonchev–Trinajstić information content (AvgIpc) is 2.64. The molecule has 3 N–H and O–H groups in total. The molecule has 0 spiro atoms. The molecule has 1 heterocycles. The molecule has 2 rings (SSSR count). The standard InChI is InChI=1S/C18H26N4O5/c1-4-19-18(26)20-13-7-5-12(6-8-13)17-14(10-23)22(16(25)11-27-17)9-15(24)21(2)3/h5-8,14,17,23H,4,9-11H2,1-3H3,(H2,19,20,26). The van der Waals surface area contributed by atoms with Crippen LogP contribution < -0.4 is 10.6 Å². The molecule has 2 atom stereocenters. The summed E-state index contributed by atoms with van der Waals surface area (Å²) in [6.45, 7) is 1.73. The van der Waals surface area contributed by atoms with Gasteiger partial charge in [0.05, 0.1) is 12.6 Å². The minimum atomic E-state index is -0.669. The van der Waals surface area contributed by atoms with Gasteiger partial charge < -0.3 is 30.3 Å². The Morgan fingerprint density at radius 3 is 2.52 bits per heavy atom. The van der Waals surface area contributed by atoms with Crippen molar-refractivity contribution < 1.29 is 24.2 Å². The second kappa shape index (κ2) is 9.33. The van der Waals surface area contributed by atoms with Crippen molar-refractivity contribution in [2.75, 3.05) is 45.7 Å². The van der Waals surface area contributed by atoms with Crippen molar-refractivity contribution in [1.29, 1.82) is 0 Å².